The molecule has 0 spiro atoms. The number of unbranched alkanes of at least 4 members (excludes halogenated alkanes) is 2. The van der Waals surface area contributed by atoms with Crippen LogP contribution in [-0.2, 0) is 19.1 Å². The van der Waals surface area contributed by atoms with Crippen LogP contribution in [0, 0.1) is 11.8 Å². The molecule has 0 radical (unpaired) electrons. The number of carbonyl (C=O) groups is 2. The molecule has 20 heavy (non-hydrogen) atoms. The molecule has 0 fully saturated rings. The van der Waals surface area contributed by atoms with E-state index >= 15 is 0 Å². The zero-order valence-corrected chi connectivity index (χ0v) is 12.6. The quantitative estimate of drug-likeness (QED) is 0.389. The summed E-state index contributed by atoms with van der Waals surface area (Å²) in [6.07, 6.45) is 8.90. The number of carbonyl (C=O) groups excluding carboxylic acids is 2. The van der Waals surface area contributed by atoms with Gasteiger partial charge < -0.3 is 9.47 Å². The molecule has 0 bridgehead atoms. The predicted octanol–water partition coefficient (Wildman–Crippen LogP) is 3.26. The fourth-order valence-corrected chi connectivity index (χ4v) is 2.18. The Balaban J connectivity index is 2.52. The molecular formula is C16H26O4. The lowest BCUT2D eigenvalue weighted by molar-refractivity contribution is -0.159. The van der Waals surface area contributed by atoms with E-state index in [9.17, 15) is 9.59 Å². The van der Waals surface area contributed by atoms with E-state index in [1.807, 2.05) is 19.9 Å². The van der Waals surface area contributed by atoms with E-state index in [0.717, 1.165) is 32.1 Å². The first kappa shape index (κ1) is 16.7. The van der Waals surface area contributed by atoms with Gasteiger partial charge in [0, 0.05) is 0 Å². The summed E-state index contributed by atoms with van der Waals surface area (Å²) in [5.74, 6) is -1.42. The zero-order valence-electron chi connectivity index (χ0n) is 12.6. The number of hydrogen-bond acceptors (Lipinski definition) is 4. The van der Waals surface area contributed by atoms with Crippen molar-refractivity contribution in [3.8, 4) is 0 Å². The van der Waals surface area contributed by atoms with Gasteiger partial charge in [-0.2, -0.15) is 0 Å². The normalized spacial score (nSPS) is 21.5. The summed E-state index contributed by atoms with van der Waals surface area (Å²) in [6, 6.07) is 0. The molecule has 0 heterocycles. The van der Waals surface area contributed by atoms with Gasteiger partial charge in [0.2, 0.25) is 0 Å². The minimum absolute atomic E-state index is 0.264. The van der Waals surface area contributed by atoms with Crippen LogP contribution in [0.4, 0.5) is 0 Å². The van der Waals surface area contributed by atoms with Crippen molar-refractivity contribution in [2.45, 2.75) is 52.4 Å². The summed E-state index contributed by atoms with van der Waals surface area (Å²) < 4.78 is 10.5. The molecule has 0 aliphatic heterocycles. The number of hydrogen-bond donors (Lipinski definition) is 0. The molecule has 0 aromatic heterocycles. The van der Waals surface area contributed by atoms with Gasteiger partial charge in [-0.1, -0.05) is 38.8 Å². The summed E-state index contributed by atoms with van der Waals surface area (Å²) in [4.78, 5) is 24.1. The zero-order chi connectivity index (χ0) is 14.8. The van der Waals surface area contributed by atoms with Crippen molar-refractivity contribution in [1.29, 1.82) is 0 Å². The minimum atomic E-state index is -0.477. The van der Waals surface area contributed by atoms with E-state index in [-0.39, 0.29) is 17.9 Å². The molecule has 114 valence electrons. The van der Waals surface area contributed by atoms with E-state index in [4.69, 9.17) is 9.47 Å². The molecule has 4 nitrogen and oxygen atoms in total. The average molecular weight is 282 g/mol. The molecule has 2 atom stereocenters. The van der Waals surface area contributed by atoms with Gasteiger partial charge in [-0.3, -0.25) is 9.59 Å². The van der Waals surface area contributed by atoms with Crippen molar-refractivity contribution in [2.75, 3.05) is 13.2 Å². The largest absolute Gasteiger partial charge is 0.465 e. The SMILES string of the molecule is CCCCOC(=O)C1C=CCCC1C(=O)OCCCC. The summed E-state index contributed by atoms with van der Waals surface area (Å²) in [5.41, 5.74) is 0. The van der Waals surface area contributed by atoms with Crippen molar-refractivity contribution < 1.29 is 19.1 Å². The van der Waals surface area contributed by atoms with Crippen LogP contribution in [0.3, 0.4) is 0 Å². The van der Waals surface area contributed by atoms with E-state index in [0.29, 0.717) is 19.6 Å². The van der Waals surface area contributed by atoms with Crippen molar-refractivity contribution in [3.63, 3.8) is 0 Å². The third-order valence-corrected chi connectivity index (χ3v) is 3.48. The van der Waals surface area contributed by atoms with Gasteiger partial charge in [0.15, 0.2) is 0 Å². The number of ether oxygens (including phenoxy) is 2. The first-order valence-corrected chi connectivity index (χ1v) is 7.70. The van der Waals surface area contributed by atoms with Crippen molar-refractivity contribution in [3.05, 3.63) is 12.2 Å². The van der Waals surface area contributed by atoms with Crippen molar-refractivity contribution in [1.82, 2.24) is 0 Å². The summed E-state index contributed by atoms with van der Waals surface area (Å²) in [7, 11) is 0. The van der Waals surface area contributed by atoms with Gasteiger partial charge in [0.1, 0.15) is 0 Å². The summed E-state index contributed by atoms with van der Waals surface area (Å²) in [5, 5.41) is 0. The minimum Gasteiger partial charge on any atom is -0.465 e. The first-order chi connectivity index (χ1) is 9.70. The van der Waals surface area contributed by atoms with Gasteiger partial charge in [-0.15, -0.1) is 0 Å². The fraction of sp³-hybridized carbons (Fsp3) is 0.750. The molecule has 0 amide bonds. The Bertz CT molecular complexity index is 335. The lowest BCUT2D eigenvalue weighted by Crippen LogP contribution is -2.33. The van der Waals surface area contributed by atoms with Gasteiger partial charge in [-0.25, -0.2) is 0 Å². The number of rotatable bonds is 8. The van der Waals surface area contributed by atoms with Gasteiger partial charge in [0.25, 0.3) is 0 Å². The standard InChI is InChI=1S/C16H26O4/c1-3-5-11-19-15(17)13-9-7-8-10-14(13)16(18)20-12-6-4-2/h7,9,13-14H,3-6,8,10-12H2,1-2H3. The van der Waals surface area contributed by atoms with Crippen LogP contribution in [0.5, 0.6) is 0 Å². The van der Waals surface area contributed by atoms with Crippen molar-refractivity contribution in [2.24, 2.45) is 11.8 Å². The monoisotopic (exact) mass is 282 g/mol. The van der Waals surface area contributed by atoms with E-state index in [1.54, 1.807) is 6.08 Å². The molecule has 0 aromatic carbocycles. The smallest absolute Gasteiger partial charge is 0.313 e. The molecule has 1 rings (SSSR count). The van der Waals surface area contributed by atoms with E-state index in [2.05, 4.69) is 0 Å². The second-order valence-electron chi connectivity index (χ2n) is 5.18. The highest BCUT2D eigenvalue weighted by atomic mass is 16.5. The second-order valence-corrected chi connectivity index (χ2v) is 5.18. The lowest BCUT2D eigenvalue weighted by Gasteiger charge is -2.24. The second kappa shape index (κ2) is 9.56. The van der Waals surface area contributed by atoms with Crippen LogP contribution in [-0.4, -0.2) is 25.2 Å². The molecule has 0 saturated heterocycles. The van der Waals surface area contributed by atoms with Crippen LogP contribution in [0.2, 0.25) is 0 Å². The summed E-state index contributed by atoms with van der Waals surface area (Å²) >= 11 is 0. The van der Waals surface area contributed by atoms with Crippen LogP contribution in [0.25, 0.3) is 0 Å². The Morgan fingerprint density at radius 3 is 2.25 bits per heavy atom. The third kappa shape index (κ3) is 5.35. The topological polar surface area (TPSA) is 52.6 Å². The Kier molecular flexibility index (Phi) is 8.00. The third-order valence-electron chi connectivity index (χ3n) is 3.48. The van der Waals surface area contributed by atoms with Crippen LogP contribution < -0.4 is 0 Å². The van der Waals surface area contributed by atoms with E-state index < -0.39 is 5.92 Å². The number of allylic oxidation sites excluding steroid dienone is 1. The van der Waals surface area contributed by atoms with Gasteiger partial charge in [0.05, 0.1) is 25.0 Å². The predicted molar refractivity (Wildman–Crippen MR) is 77.1 cm³/mol. The lowest BCUT2D eigenvalue weighted by atomic mass is 9.84. The maximum Gasteiger partial charge on any atom is 0.313 e. The Morgan fingerprint density at radius 1 is 1.05 bits per heavy atom. The average Bonchev–Trinajstić information content (AvgIpc) is 2.47. The highest BCUT2D eigenvalue weighted by Crippen LogP contribution is 2.27. The molecule has 2 unspecified atom stereocenters. The first-order valence-electron chi connectivity index (χ1n) is 7.70. The van der Waals surface area contributed by atoms with Gasteiger partial charge >= 0.3 is 11.9 Å². The highest BCUT2D eigenvalue weighted by molar-refractivity contribution is 5.83. The van der Waals surface area contributed by atoms with Gasteiger partial charge in [-0.05, 0) is 25.7 Å². The molecule has 0 saturated carbocycles. The molecule has 0 aromatic rings. The Labute approximate surface area is 121 Å². The maximum atomic E-state index is 12.1. The summed E-state index contributed by atoms with van der Waals surface area (Å²) in [6.45, 7) is 4.96. The van der Waals surface area contributed by atoms with Crippen LogP contribution in [0.15, 0.2) is 12.2 Å². The Morgan fingerprint density at radius 2 is 1.65 bits per heavy atom. The Hall–Kier alpha value is -1.32. The van der Waals surface area contributed by atoms with Crippen molar-refractivity contribution >= 4 is 11.9 Å². The maximum absolute atomic E-state index is 12.1. The fourth-order valence-electron chi connectivity index (χ4n) is 2.18. The van der Waals surface area contributed by atoms with E-state index in [1.165, 1.54) is 0 Å². The molecular weight excluding hydrogens is 256 g/mol. The van der Waals surface area contributed by atoms with Crippen LogP contribution >= 0.6 is 0 Å². The molecule has 1 aliphatic rings. The highest BCUT2D eigenvalue weighted by Gasteiger charge is 2.35. The molecule has 1 aliphatic carbocycles. The molecule has 0 N–H and O–H groups in total. The van der Waals surface area contributed by atoms with Crippen LogP contribution in [0.1, 0.15) is 52.4 Å². The molecule has 4 heteroatoms. The number of esters is 2.